The van der Waals surface area contributed by atoms with Crippen LogP contribution >= 0.6 is 11.6 Å². The molecule has 19 heavy (non-hydrogen) atoms. The minimum absolute atomic E-state index is 0.0407. The number of halogens is 1. The third-order valence-corrected chi connectivity index (χ3v) is 2.33. The van der Waals surface area contributed by atoms with E-state index in [1.165, 1.54) is 0 Å². The first-order valence-electron chi connectivity index (χ1n) is 5.63. The van der Waals surface area contributed by atoms with Gasteiger partial charge in [0.1, 0.15) is 5.75 Å². The van der Waals surface area contributed by atoms with E-state index in [-0.39, 0.29) is 12.6 Å². The molecule has 3 N–H and O–H groups in total. The fourth-order valence-electron chi connectivity index (χ4n) is 1.18. The Morgan fingerprint density at radius 2 is 2.11 bits per heavy atom. The first-order valence-corrected chi connectivity index (χ1v) is 6.17. The Balaban J connectivity index is 2.48. The third kappa shape index (κ3) is 5.96. The van der Waals surface area contributed by atoms with Crippen molar-refractivity contribution in [1.29, 1.82) is 0 Å². The second-order valence-electron chi connectivity index (χ2n) is 3.50. The molecule has 1 aromatic rings. The molecule has 0 aromatic heterocycles. The molecule has 0 fully saturated rings. The highest BCUT2D eigenvalue weighted by molar-refractivity contribution is 6.17. The number of nitrogens with one attached hydrogen (secondary N) is 1. The van der Waals surface area contributed by atoms with E-state index in [0.717, 1.165) is 0 Å². The summed E-state index contributed by atoms with van der Waals surface area (Å²) in [5.74, 6) is 1.11. The van der Waals surface area contributed by atoms with Gasteiger partial charge in [0.15, 0.2) is 0 Å². The van der Waals surface area contributed by atoms with Gasteiger partial charge in [-0.25, -0.2) is 9.79 Å². The van der Waals surface area contributed by atoms with E-state index in [0.29, 0.717) is 23.7 Å². The first kappa shape index (κ1) is 15.1. The third-order valence-electron chi connectivity index (χ3n) is 2.06. The predicted molar refractivity (Wildman–Crippen MR) is 74.1 cm³/mol. The van der Waals surface area contributed by atoms with Crippen LogP contribution in [0.15, 0.2) is 29.3 Å². The van der Waals surface area contributed by atoms with Crippen LogP contribution in [-0.2, 0) is 4.74 Å². The average Bonchev–Trinajstić information content (AvgIpc) is 2.39. The molecule has 0 saturated heterocycles. The quantitative estimate of drug-likeness (QED) is 0.375. The molecule has 1 amide bonds. The normalized spacial score (nSPS) is 10.9. The summed E-state index contributed by atoms with van der Waals surface area (Å²) in [4.78, 5) is 15.3. The number of methoxy groups -OCH3 is 1. The summed E-state index contributed by atoms with van der Waals surface area (Å²) < 4.78 is 9.83. The summed E-state index contributed by atoms with van der Waals surface area (Å²) in [7, 11) is 1.57. The van der Waals surface area contributed by atoms with Gasteiger partial charge in [-0.3, -0.25) is 5.32 Å². The van der Waals surface area contributed by atoms with Crippen molar-refractivity contribution in [2.24, 2.45) is 10.7 Å². The molecule has 0 unspecified atom stereocenters. The molecule has 6 nitrogen and oxygen atoms in total. The summed E-state index contributed by atoms with van der Waals surface area (Å²) in [6, 6.07) is 6.91. The maximum atomic E-state index is 11.3. The van der Waals surface area contributed by atoms with Crippen LogP contribution in [0.2, 0.25) is 0 Å². The molecule has 0 spiro atoms. The van der Waals surface area contributed by atoms with Gasteiger partial charge in [0.25, 0.3) is 0 Å². The Kier molecular flexibility index (Phi) is 6.52. The average molecular weight is 286 g/mol. The summed E-state index contributed by atoms with van der Waals surface area (Å²) in [6.07, 6.45) is -0.0651. The molecule has 104 valence electrons. The van der Waals surface area contributed by atoms with Gasteiger partial charge in [0.05, 0.1) is 19.4 Å². The minimum Gasteiger partial charge on any atom is -0.497 e. The van der Waals surface area contributed by atoms with Gasteiger partial charge in [-0.05, 0) is 30.7 Å². The monoisotopic (exact) mass is 285 g/mol. The van der Waals surface area contributed by atoms with Crippen LogP contribution in [0.1, 0.15) is 6.42 Å². The number of ether oxygens (including phenoxy) is 2. The van der Waals surface area contributed by atoms with Crippen molar-refractivity contribution in [2.75, 3.05) is 19.6 Å². The lowest BCUT2D eigenvalue weighted by Gasteiger charge is -2.05. The van der Waals surface area contributed by atoms with E-state index >= 15 is 0 Å². The highest BCUT2D eigenvalue weighted by Gasteiger charge is 2.03. The molecule has 0 aliphatic heterocycles. The highest BCUT2D eigenvalue weighted by Crippen LogP contribution is 2.17. The van der Waals surface area contributed by atoms with Crippen LogP contribution in [0.3, 0.4) is 0 Å². The van der Waals surface area contributed by atoms with Gasteiger partial charge in [0.2, 0.25) is 5.96 Å². The van der Waals surface area contributed by atoms with Crippen molar-refractivity contribution in [3.05, 3.63) is 24.3 Å². The number of hydrogen-bond donors (Lipinski definition) is 2. The van der Waals surface area contributed by atoms with Gasteiger partial charge < -0.3 is 15.2 Å². The number of carbonyl (C=O) groups is 1. The second-order valence-corrected chi connectivity index (χ2v) is 3.88. The first-order chi connectivity index (χ1) is 9.15. The number of aliphatic imine (C=N–C) groups is 1. The minimum atomic E-state index is -0.653. The van der Waals surface area contributed by atoms with E-state index in [2.05, 4.69) is 10.3 Å². The predicted octanol–water partition coefficient (Wildman–Crippen LogP) is 2.00. The number of amides is 1. The van der Waals surface area contributed by atoms with Crippen LogP contribution in [0.25, 0.3) is 0 Å². The SMILES string of the molecule is COc1ccc(N=C(N)NC(=O)OCCCCl)cc1. The molecule has 7 heteroatoms. The van der Waals surface area contributed by atoms with Crippen LogP contribution in [0.4, 0.5) is 10.5 Å². The van der Waals surface area contributed by atoms with Gasteiger partial charge in [-0.1, -0.05) is 0 Å². The Morgan fingerprint density at radius 3 is 2.68 bits per heavy atom. The number of hydrogen-bond acceptors (Lipinski definition) is 4. The Morgan fingerprint density at radius 1 is 1.42 bits per heavy atom. The second kappa shape index (κ2) is 8.20. The lowest BCUT2D eigenvalue weighted by atomic mass is 10.3. The Bertz CT molecular complexity index is 434. The van der Waals surface area contributed by atoms with Crippen molar-refractivity contribution < 1.29 is 14.3 Å². The van der Waals surface area contributed by atoms with Crippen LogP contribution in [0, 0.1) is 0 Å². The number of nitrogens with two attached hydrogens (primary N) is 1. The van der Waals surface area contributed by atoms with Crippen molar-refractivity contribution >= 4 is 29.3 Å². The summed E-state index contributed by atoms with van der Waals surface area (Å²) in [5.41, 5.74) is 6.16. The van der Waals surface area contributed by atoms with E-state index < -0.39 is 6.09 Å². The fourth-order valence-corrected chi connectivity index (χ4v) is 1.29. The van der Waals surface area contributed by atoms with E-state index in [9.17, 15) is 4.79 Å². The van der Waals surface area contributed by atoms with Crippen molar-refractivity contribution in [1.82, 2.24) is 5.32 Å². The summed E-state index contributed by atoms with van der Waals surface area (Å²) >= 11 is 5.45. The van der Waals surface area contributed by atoms with Crippen molar-refractivity contribution in [3.63, 3.8) is 0 Å². The summed E-state index contributed by atoms with van der Waals surface area (Å²) in [6.45, 7) is 0.241. The zero-order chi connectivity index (χ0) is 14.1. The zero-order valence-electron chi connectivity index (χ0n) is 10.6. The van der Waals surface area contributed by atoms with E-state index in [1.54, 1.807) is 31.4 Å². The number of alkyl halides is 1. The smallest absolute Gasteiger partial charge is 0.413 e. The van der Waals surface area contributed by atoms with E-state index in [4.69, 9.17) is 26.8 Å². The molecule has 0 aliphatic rings. The van der Waals surface area contributed by atoms with Crippen LogP contribution in [-0.4, -0.2) is 31.6 Å². The lowest BCUT2D eigenvalue weighted by molar-refractivity contribution is 0.152. The molecule has 0 aliphatic carbocycles. The maximum absolute atomic E-state index is 11.3. The number of rotatable bonds is 5. The van der Waals surface area contributed by atoms with Crippen LogP contribution in [0.5, 0.6) is 5.75 Å². The summed E-state index contributed by atoms with van der Waals surface area (Å²) in [5, 5.41) is 2.31. The van der Waals surface area contributed by atoms with Gasteiger partial charge in [-0.2, -0.15) is 0 Å². The van der Waals surface area contributed by atoms with Gasteiger partial charge in [-0.15, -0.1) is 11.6 Å². The number of nitrogens with zero attached hydrogens (tertiary/aromatic N) is 1. The fraction of sp³-hybridized carbons (Fsp3) is 0.333. The van der Waals surface area contributed by atoms with Crippen LogP contribution < -0.4 is 15.8 Å². The molecule has 1 rings (SSSR count). The molecule has 0 saturated carbocycles. The molecule has 1 aromatic carbocycles. The number of benzene rings is 1. The van der Waals surface area contributed by atoms with Crippen molar-refractivity contribution in [3.8, 4) is 5.75 Å². The van der Waals surface area contributed by atoms with Gasteiger partial charge in [0, 0.05) is 5.88 Å². The Hall–Kier alpha value is -1.95. The molecule has 0 atom stereocenters. The van der Waals surface area contributed by atoms with Crippen molar-refractivity contribution in [2.45, 2.75) is 6.42 Å². The van der Waals surface area contributed by atoms with E-state index in [1.807, 2.05) is 0 Å². The molecule has 0 bridgehead atoms. The molecular formula is C12H16ClN3O3. The zero-order valence-corrected chi connectivity index (χ0v) is 11.3. The number of carbonyl (C=O) groups excluding carboxylic acids is 1. The Labute approximate surface area is 116 Å². The van der Waals surface area contributed by atoms with Gasteiger partial charge >= 0.3 is 6.09 Å². The maximum Gasteiger partial charge on any atom is 0.413 e. The standard InChI is InChI=1S/C12H16ClN3O3/c1-18-10-5-3-9(4-6-10)15-11(14)16-12(17)19-8-2-7-13/h3-6H,2,7-8H2,1H3,(H3,14,15,16,17). The molecule has 0 radical (unpaired) electrons. The number of alkyl carbamates (subject to hydrolysis) is 1. The largest absolute Gasteiger partial charge is 0.497 e. The topological polar surface area (TPSA) is 85.9 Å². The molecule has 0 heterocycles. The lowest BCUT2D eigenvalue weighted by Crippen LogP contribution is -2.37. The highest BCUT2D eigenvalue weighted by atomic mass is 35.5. The molecular weight excluding hydrogens is 270 g/mol. The number of guanidine groups is 1.